The van der Waals surface area contributed by atoms with Crippen molar-refractivity contribution in [2.75, 3.05) is 13.1 Å². The third-order valence-corrected chi connectivity index (χ3v) is 4.66. The lowest BCUT2D eigenvalue weighted by Gasteiger charge is -2.27. The summed E-state index contributed by atoms with van der Waals surface area (Å²) in [5.41, 5.74) is 1.16. The van der Waals surface area contributed by atoms with E-state index in [0.29, 0.717) is 19.2 Å². The van der Waals surface area contributed by atoms with Gasteiger partial charge in [0.1, 0.15) is 11.6 Å². The first kappa shape index (κ1) is 23.1. The molecule has 1 fully saturated rings. The maximum absolute atomic E-state index is 13.5. The summed E-state index contributed by atoms with van der Waals surface area (Å²) >= 11 is 0. The molecule has 1 heterocycles. The van der Waals surface area contributed by atoms with E-state index in [1.807, 2.05) is 6.92 Å². The highest BCUT2D eigenvalue weighted by Gasteiger charge is 2.31. The van der Waals surface area contributed by atoms with Gasteiger partial charge in [0, 0.05) is 24.7 Å². The van der Waals surface area contributed by atoms with Crippen LogP contribution < -0.4 is 10.1 Å². The van der Waals surface area contributed by atoms with E-state index in [0.717, 1.165) is 11.6 Å². The van der Waals surface area contributed by atoms with E-state index in [9.17, 15) is 26.0 Å². The molecule has 0 spiro atoms. The number of hydrogen-bond donors (Lipinski definition) is 2. The Bertz CT molecular complexity index is 913. The summed E-state index contributed by atoms with van der Waals surface area (Å²) in [6, 6.07) is 8.98. The van der Waals surface area contributed by atoms with Crippen molar-refractivity contribution in [3.8, 4) is 5.75 Å². The Kier molecular flexibility index (Phi) is 7.58. The van der Waals surface area contributed by atoms with Crippen molar-refractivity contribution in [1.29, 1.82) is 0 Å². The Balaban J connectivity index is 0.000000234. The molecule has 0 aliphatic carbocycles. The highest BCUT2D eigenvalue weighted by atomic mass is 32.2. The maximum Gasteiger partial charge on any atom is 0.573 e. The van der Waals surface area contributed by atoms with Crippen LogP contribution in [0.25, 0.3) is 0 Å². The fraction of sp³-hybridized carbons (Fsp3) is 0.333. The van der Waals surface area contributed by atoms with Crippen LogP contribution in [0.15, 0.2) is 47.4 Å². The number of rotatable bonds is 5. The molecule has 160 valence electrons. The van der Waals surface area contributed by atoms with Crippen LogP contribution >= 0.6 is 0 Å². The van der Waals surface area contributed by atoms with Gasteiger partial charge in [-0.1, -0.05) is 23.8 Å². The van der Waals surface area contributed by atoms with Crippen LogP contribution in [0.2, 0.25) is 0 Å². The van der Waals surface area contributed by atoms with Gasteiger partial charge in [-0.15, -0.1) is 13.2 Å². The van der Waals surface area contributed by atoms with Crippen molar-refractivity contribution >= 4 is 10.1 Å². The van der Waals surface area contributed by atoms with E-state index in [1.165, 1.54) is 18.2 Å². The van der Waals surface area contributed by atoms with E-state index in [1.54, 1.807) is 12.1 Å². The monoisotopic (exact) mass is 437 g/mol. The molecular formula is C18H19F4NO5S. The molecule has 1 aliphatic rings. The number of alkyl halides is 3. The first-order valence-electron chi connectivity index (χ1n) is 8.35. The van der Waals surface area contributed by atoms with Crippen LogP contribution in [0.4, 0.5) is 17.6 Å². The van der Waals surface area contributed by atoms with E-state index in [-0.39, 0.29) is 23.2 Å². The quantitative estimate of drug-likeness (QED) is 0.551. The molecule has 0 bridgehead atoms. The van der Waals surface area contributed by atoms with E-state index < -0.39 is 28.0 Å². The smallest absolute Gasteiger partial charge is 0.406 e. The van der Waals surface area contributed by atoms with Crippen molar-refractivity contribution in [2.24, 2.45) is 0 Å². The minimum absolute atomic E-state index is 0.0322. The van der Waals surface area contributed by atoms with Crippen LogP contribution in [0.1, 0.15) is 11.1 Å². The largest absolute Gasteiger partial charge is 0.573 e. The fourth-order valence-electron chi connectivity index (χ4n) is 2.14. The molecule has 6 nitrogen and oxygen atoms in total. The highest BCUT2D eigenvalue weighted by molar-refractivity contribution is 7.85. The summed E-state index contributed by atoms with van der Waals surface area (Å²) in [6.07, 6.45) is -4.78. The van der Waals surface area contributed by atoms with Gasteiger partial charge in [-0.25, -0.2) is 4.39 Å². The second-order valence-corrected chi connectivity index (χ2v) is 7.60. The number of halogens is 4. The number of ether oxygens (including phenoxy) is 2. The summed E-state index contributed by atoms with van der Waals surface area (Å²) < 4.78 is 87.6. The molecule has 1 aliphatic heterocycles. The number of nitrogens with one attached hydrogen (secondary N) is 1. The molecule has 0 saturated carbocycles. The van der Waals surface area contributed by atoms with Gasteiger partial charge in [-0.05, 0) is 25.1 Å². The normalized spacial score (nSPS) is 14.6. The Morgan fingerprint density at radius 3 is 2.21 bits per heavy atom. The minimum atomic E-state index is -4.82. The molecule has 0 radical (unpaired) electrons. The highest BCUT2D eigenvalue weighted by Crippen LogP contribution is 2.25. The van der Waals surface area contributed by atoms with Crippen molar-refractivity contribution in [2.45, 2.75) is 30.9 Å². The molecule has 29 heavy (non-hydrogen) atoms. The van der Waals surface area contributed by atoms with Crippen LogP contribution in [0, 0.1) is 12.7 Å². The molecule has 11 heteroatoms. The van der Waals surface area contributed by atoms with Crippen molar-refractivity contribution in [3.05, 3.63) is 59.4 Å². The second-order valence-electron chi connectivity index (χ2n) is 6.18. The zero-order valence-corrected chi connectivity index (χ0v) is 16.1. The molecule has 0 unspecified atom stereocenters. The van der Waals surface area contributed by atoms with Crippen LogP contribution in [0.5, 0.6) is 5.75 Å². The van der Waals surface area contributed by atoms with Gasteiger partial charge in [0.05, 0.1) is 17.6 Å². The number of benzene rings is 2. The molecule has 0 amide bonds. The molecule has 3 rings (SSSR count). The maximum atomic E-state index is 13.5. The fourth-order valence-corrected chi connectivity index (χ4v) is 2.62. The third kappa shape index (κ3) is 7.97. The molecule has 2 aromatic carbocycles. The van der Waals surface area contributed by atoms with Crippen LogP contribution in [0.3, 0.4) is 0 Å². The van der Waals surface area contributed by atoms with Crippen molar-refractivity contribution < 1.29 is 40.0 Å². The lowest BCUT2D eigenvalue weighted by atomic mass is 10.2. The molecule has 1 saturated heterocycles. The molecule has 0 atom stereocenters. The third-order valence-electron chi connectivity index (χ3n) is 3.80. The van der Waals surface area contributed by atoms with Crippen molar-refractivity contribution in [3.63, 3.8) is 0 Å². The molecular weight excluding hydrogens is 418 g/mol. The van der Waals surface area contributed by atoms with Gasteiger partial charge in [0.2, 0.25) is 0 Å². The first-order valence-corrected chi connectivity index (χ1v) is 9.79. The number of aryl methyl sites for hydroxylation is 1. The topological polar surface area (TPSA) is 84.9 Å². The first-order chi connectivity index (χ1) is 13.4. The second kappa shape index (κ2) is 9.53. The lowest BCUT2D eigenvalue weighted by molar-refractivity contribution is -0.274. The Morgan fingerprint density at radius 2 is 1.76 bits per heavy atom. The van der Waals surface area contributed by atoms with Gasteiger partial charge >= 0.3 is 6.36 Å². The predicted molar refractivity (Wildman–Crippen MR) is 95.5 cm³/mol. The summed E-state index contributed by atoms with van der Waals surface area (Å²) in [4.78, 5) is -0.0666. The molecule has 2 aromatic rings. The zero-order valence-electron chi connectivity index (χ0n) is 15.2. The minimum Gasteiger partial charge on any atom is -0.406 e. The van der Waals surface area contributed by atoms with Gasteiger partial charge in [-0.2, -0.15) is 8.42 Å². The van der Waals surface area contributed by atoms with E-state index >= 15 is 0 Å². The molecule has 2 N–H and O–H groups in total. The zero-order chi connectivity index (χ0) is 21.7. The number of hydrogen-bond acceptors (Lipinski definition) is 5. The predicted octanol–water partition coefficient (Wildman–Crippen LogP) is 3.45. The van der Waals surface area contributed by atoms with Gasteiger partial charge < -0.3 is 14.8 Å². The van der Waals surface area contributed by atoms with Gasteiger partial charge in [0.15, 0.2) is 0 Å². The van der Waals surface area contributed by atoms with Crippen molar-refractivity contribution in [1.82, 2.24) is 5.32 Å². The Hall–Kier alpha value is -2.21. The van der Waals surface area contributed by atoms with Crippen LogP contribution in [-0.2, 0) is 21.5 Å². The average Bonchev–Trinajstić information content (AvgIpc) is 2.54. The van der Waals surface area contributed by atoms with Gasteiger partial charge in [-0.3, -0.25) is 4.55 Å². The van der Waals surface area contributed by atoms with Gasteiger partial charge in [0.25, 0.3) is 10.1 Å². The standard InChI is InChI=1S/C11H11F4NO2.C7H8O3S/c12-10-3-8(18-11(13,14)15)2-1-7(10)6-17-9-4-16-5-9;1-6-2-4-7(5-3-6)11(8,9)10/h1-3,9,16H,4-6H2;2-5H,1H3,(H,8,9,10). The average molecular weight is 437 g/mol. The summed E-state index contributed by atoms with van der Waals surface area (Å²) in [6.45, 7) is 3.28. The van der Waals surface area contributed by atoms with E-state index in [4.69, 9.17) is 9.29 Å². The van der Waals surface area contributed by atoms with E-state index in [2.05, 4.69) is 10.1 Å². The Morgan fingerprint density at radius 1 is 1.14 bits per heavy atom. The Labute approximate surface area is 165 Å². The SMILES string of the molecule is Cc1ccc(S(=O)(=O)O)cc1.Fc1cc(OC(F)(F)F)ccc1COC1CNC1. The summed E-state index contributed by atoms with van der Waals surface area (Å²) in [5.74, 6) is -1.35. The lowest BCUT2D eigenvalue weighted by Crippen LogP contribution is -2.48. The summed E-state index contributed by atoms with van der Waals surface area (Å²) in [7, 11) is -4.02. The molecule has 0 aromatic heterocycles. The summed E-state index contributed by atoms with van der Waals surface area (Å²) in [5, 5.41) is 2.98. The van der Waals surface area contributed by atoms with Crippen LogP contribution in [-0.4, -0.2) is 38.5 Å².